The number of nitrogens with zero attached hydrogens (tertiary/aromatic N) is 3. The zero-order chi connectivity index (χ0) is 17.9. The predicted molar refractivity (Wildman–Crippen MR) is 100 cm³/mol. The lowest BCUT2D eigenvalue weighted by Crippen LogP contribution is -2.24. The molecule has 0 unspecified atom stereocenters. The van der Waals surface area contributed by atoms with Crippen molar-refractivity contribution in [2.75, 3.05) is 23.7 Å². The minimum atomic E-state index is -0.628. The Kier molecular flexibility index (Phi) is 4.32. The molecular formula is C18H19N7O. The molecule has 1 amide bonds. The molecule has 0 radical (unpaired) electrons. The zero-order valence-corrected chi connectivity index (χ0v) is 14.1. The van der Waals surface area contributed by atoms with Crippen LogP contribution in [-0.4, -0.2) is 40.0 Å². The summed E-state index contributed by atoms with van der Waals surface area (Å²) in [6, 6.07) is 9.86. The van der Waals surface area contributed by atoms with Crippen LogP contribution in [0.1, 0.15) is 16.9 Å². The molecule has 8 nitrogen and oxygen atoms in total. The molecule has 4 rings (SSSR count). The summed E-state index contributed by atoms with van der Waals surface area (Å²) in [4.78, 5) is 24.7. The third-order valence-corrected chi connectivity index (χ3v) is 4.28. The normalized spacial score (nSPS) is 16.5. The number of benzene rings is 1. The van der Waals surface area contributed by atoms with Crippen LogP contribution in [0.2, 0.25) is 0 Å². The van der Waals surface area contributed by atoms with Crippen molar-refractivity contribution in [3.8, 4) is 0 Å². The first kappa shape index (κ1) is 16.2. The molecular weight excluding hydrogens is 330 g/mol. The predicted octanol–water partition coefficient (Wildman–Crippen LogP) is 1.64. The van der Waals surface area contributed by atoms with Crippen molar-refractivity contribution in [2.45, 2.75) is 12.5 Å². The Balaban J connectivity index is 1.64. The molecule has 1 aliphatic heterocycles. The molecule has 1 aromatic carbocycles. The van der Waals surface area contributed by atoms with Crippen molar-refractivity contribution in [3.05, 3.63) is 48.4 Å². The van der Waals surface area contributed by atoms with Crippen molar-refractivity contribution in [1.82, 2.24) is 20.3 Å². The van der Waals surface area contributed by atoms with E-state index < -0.39 is 5.91 Å². The van der Waals surface area contributed by atoms with Gasteiger partial charge in [0.05, 0.1) is 11.7 Å². The number of nitrogens with two attached hydrogens (primary N) is 1. The van der Waals surface area contributed by atoms with Crippen LogP contribution in [0.25, 0.3) is 10.9 Å². The Labute approximate surface area is 150 Å². The quantitative estimate of drug-likeness (QED) is 0.553. The smallest absolute Gasteiger partial charge is 0.271 e. The summed E-state index contributed by atoms with van der Waals surface area (Å²) in [5.41, 5.74) is 7.23. The number of carbonyl (C=O) groups excluding carboxylic acids is 1. The van der Waals surface area contributed by atoms with E-state index in [2.05, 4.69) is 30.9 Å². The van der Waals surface area contributed by atoms with Crippen molar-refractivity contribution < 1.29 is 4.79 Å². The van der Waals surface area contributed by atoms with Crippen molar-refractivity contribution in [1.29, 1.82) is 0 Å². The number of fused-ring (bicyclic) bond motifs is 1. The first-order valence-electron chi connectivity index (χ1n) is 8.45. The number of hydrogen-bond donors (Lipinski definition) is 4. The van der Waals surface area contributed by atoms with Crippen LogP contribution in [0.4, 0.5) is 17.3 Å². The molecule has 0 saturated carbocycles. The molecule has 26 heavy (non-hydrogen) atoms. The standard InChI is InChI=1S/C18H19N7O/c19-17(26)16-18(25-15(10-22-16)23-13-5-7-20-9-13)24-12-3-4-14-11(8-12)2-1-6-21-14/h1-4,6,8,10,13,20H,5,7,9H2,(H2,19,26)(H2,23,24,25)/t13-/m1/s1. The maximum atomic E-state index is 11.7. The molecule has 1 aliphatic rings. The molecule has 0 aliphatic carbocycles. The van der Waals surface area contributed by atoms with Gasteiger partial charge < -0.3 is 21.7 Å². The van der Waals surface area contributed by atoms with Crippen molar-refractivity contribution >= 4 is 34.1 Å². The van der Waals surface area contributed by atoms with Gasteiger partial charge in [0, 0.05) is 29.9 Å². The molecule has 8 heteroatoms. The van der Waals surface area contributed by atoms with Crippen LogP contribution >= 0.6 is 0 Å². The number of aromatic nitrogens is 3. The lowest BCUT2D eigenvalue weighted by molar-refractivity contribution is 0.0996. The molecule has 0 spiro atoms. The summed E-state index contributed by atoms with van der Waals surface area (Å²) >= 11 is 0. The highest BCUT2D eigenvalue weighted by Crippen LogP contribution is 2.23. The largest absolute Gasteiger partial charge is 0.365 e. The van der Waals surface area contributed by atoms with E-state index in [1.807, 2.05) is 30.3 Å². The van der Waals surface area contributed by atoms with Crippen molar-refractivity contribution in [3.63, 3.8) is 0 Å². The number of hydrogen-bond acceptors (Lipinski definition) is 7. The summed E-state index contributed by atoms with van der Waals surface area (Å²) in [6.45, 7) is 1.85. The summed E-state index contributed by atoms with van der Waals surface area (Å²) in [5, 5.41) is 10.7. The Bertz CT molecular complexity index is 953. The number of primary amides is 1. The fourth-order valence-corrected chi connectivity index (χ4v) is 3.00. The Morgan fingerprint density at radius 2 is 2.19 bits per heavy atom. The van der Waals surface area contributed by atoms with Crippen LogP contribution in [0.5, 0.6) is 0 Å². The second-order valence-electron chi connectivity index (χ2n) is 6.19. The Morgan fingerprint density at radius 3 is 3.00 bits per heavy atom. The van der Waals surface area contributed by atoms with Crippen LogP contribution in [0.3, 0.4) is 0 Å². The topological polar surface area (TPSA) is 118 Å². The van der Waals surface area contributed by atoms with Crippen LogP contribution in [0, 0.1) is 0 Å². The van der Waals surface area contributed by atoms with Gasteiger partial charge in [0.1, 0.15) is 5.82 Å². The van der Waals surface area contributed by atoms with Gasteiger partial charge >= 0.3 is 0 Å². The first-order chi connectivity index (χ1) is 12.7. The number of pyridine rings is 1. The number of amides is 1. The number of nitrogens with one attached hydrogen (secondary N) is 3. The molecule has 1 fully saturated rings. The minimum absolute atomic E-state index is 0.103. The van der Waals surface area contributed by atoms with Gasteiger partial charge in [0.2, 0.25) is 0 Å². The van der Waals surface area contributed by atoms with Gasteiger partial charge in [-0.3, -0.25) is 9.78 Å². The zero-order valence-electron chi connectivity index (χ0n) is 14.1. The monoisotopic (exact) mass is 349 g/mol. The summed E-state index contributed by atoms with van der Waals surface area (Å²) in [7, 11) is 0. The average molecular weight is 349 g/mol. The molecule has 1 atom stereocenters. The van der Waals surface area contributed by atoms with Gasteiger partial charge in [0.15, 0.2) is 11.5 Å². The van der Waals surface area contributed by atoms with Crippen LogP contribution < -0.4 is 21.7 Å². The molecule has 0 bridgehead atoms. The summed E-state index contributed by atoms with van der Waals surface area (Å²) in [5.74, 6) is 0.307. The fourth-order valence-electron chi connectivity index (χ4n) is 3.00. The molecule has 132 valence electrons. The van der Waals surface area contributed by atoms with Gasteiger partial charge in [-0.25, -0.2) is 9.97 Å². The molecule has 2 aromatic heterocycles. The first-order valence-corrected chi connectivity index (χ1v) is 8.45. The molecule has 3 aromatic rings. The second-order valence-corrected chi connectivity index (χ2v) is 6.19. The van der Waals surface area contributed by atoms with Crippen LogP contribution in [-0.2, 0) is 0 Å². The number of anilines is 3. The highest BCUT2D eigenvalue weighted by atomic mass is 16.1. The Hall–Kier alpha value is -3.26. The van der Waals surface area contributed by atoms with Gasteiger partial charge in [-0.05, 0) is 37.2 Å². The van der Waals surface area contributed by atoms with Gasteiger partial charge in [-0.1, -0.05) is 6.07 Å². The van der Waals surface area contributed by atoms with E-state index in [-0.39, 0.29) is 5.69 Å². The Morgan fingerprint density at radius 1 is 1.27 bits per heavy atom. The minimum Gasteiger partial charge on any atom is -0.365 e. The van der Waals surface area contributed by atoms with Gasteiger partial charge in [-0.15, -0.1) is 0 Å². The highest BCUT2D eigenvalue weighted by Gasteiger charge is 2.17. The third kappa shape index (κ3) is 3.40. The average Bonchev–Trinajstić information content (AvgIpc) is 3.14. The second kappa shape index (κ2) is 6.93. The van der Waals surface area contributed by atoms with E-state index in [0.29, 0.717) is 17.7 Å². The van der Waals surface area contributed by atoms with E-state index in [1.165, 1.54) is 6.20 Å². The van der Waals surface area contributed by atoms with E-state index >= 15 is 0 Å². The number of rotatable bonds is 5. The maximum Gasteiger partial charge on any atom is 0.271 e. The lowest BCUT2D eigenvalue weighted by Gasteiger charge is -2.14. The highest BCUT2D eigenvalue weighted by molar-refractivity contribution is 5.96. The SMILES string of the molecule is NC(=O)c1ncc(N[C@@H]2CCNC2)nc1Nc1ccc2ncccc2c1. The van der Waals surface area contributed by atoms with E-state index in [4.69, 9.17) is 5.73 Å². The van der Waals surface area contributed by atoms with Crippen molar-refractivity contribution in [2.24, 2.45) is 5.73 Å². The number of carbonyl (C=O) groups is 1. The lowest BCUT2D eigenvalue weighted by atomic mass is 10.2. The molecule has 5 N–H and O–H groups in total. The summed E-state index contributed by atoms with van der Waals surface area (Å²) in [6.07, 6.45) is 4.30. The maximum absolute atomic E-state index is 11.7. The third-order valence-electron chi connectivity index (χ3n) is 4.28. The van der Waals surface area contributed by atoms with Gasteiger partial charge in [-0.2, -0.15) is 0 Å². The molecule has 1 saturated heterocycles. The van der Waals surface area contributed by atoms with E-state index in [9.17, 15) is 4.79 Å². The summed E-state index contributed by atoms with van der Waals surface area (Å²) < 4.78 is 0. The van der Waals surface area contributed by atoms with E-state index in [0.717, 1.165) is 36.1 Å². The fraction of sp³-hybridized carbons (Fsp3) is 0.222. The molecule has 3 heterocycles. The van der Waals surface area contributed by atoms with Crippen LogP contribution in [0.15, 0.2) is 42.7 Å². The van der Waals surface area contributed by atoms with Gasteiger partial charge in [0.25, 0.3) is 5.91 Å². The van der Waals surface area contributed by atoms with E-state index in [1.54, 1.807) is 6.20 Å².